The number of hydrogen-bond donors (Lipinski definition) is 0. The first kappa shape index (κ1) is 10.4. The highest BCUT2D eigenvalue weighted by Gasteiger charge is 1.97. The van der Waals surface area contributed by atoms with Gasteiger partial charge >= 0.3 is 0 Å². The van der Waals surface area contributed by atoms with Gasteiger partial charge in [-0.1, -0.05) is 21.9 Å². The molecule has 0 rings (SSSR count). The first-order chi connectivity index (χ1) is 4.81. The minimum absolute atomic E-state index is 0.497. The van der Waals surface area contributed by atoms with E-state index in [1.54, 1.807) is 0 Å². The van der Waals surface area contributed by atoms with Crippen molar-refractivity contribution in [2.45, 2.75) is 39.5 Å². The zero-order valence-corrected chi connectivity index (χ0v) is 8.31. The summed E-state index contributed by atoms with van der Waals surface area (Å²) in [7, 11) is 0.997. The van der Waals surface area contributed by atoms with Crippen molar-refractivity contribution in [2.75, 3.05) is 12.8 Å². The third kappa shape index (κ3) is 6.51. The second-order valence-corrected chi connectivity index (χ2v) is 4.13. The highest BCUT2D eigenvalue weighted by Crippen LogP contribution is 2.20. The quantitative estimate of drug-likeness (QED) is 0.431. The lowest BCUT2D eigenvalue weighted by molar-refractivity contribution is 0.135. The van der Waals surface area contributed by atoms with Crippen molar-refractivity contribution in [1.82, 2.24) is 0 Å². The van der Waals surface area contributed by atoms with E-state index in [0.29, 0.717) is 5.85 Å². The van der Waals surface area contributed by atoms with Gasteiger partial charge in [0, 0.05) is 6.61 Å². The molecule has 0 radical (unpaired) electrons. The van der Waals surface area contributed by atoms with E-state index in [0.717, 1.165) is 15.2 Å². The van der Waals surface area contributed by atoms with Gasteiger partial charge in [0.1, 0.15) is 0 Å². The highest BCUT2D eigenvalue weighted by atomic mass is 31.1. The van der Waals surface area contributed by atoms with Gasteiger partial charge in [0.05, 0.1) is 5.85 Å². The Morgan fingerprint density at radius 2 is 2.10 bits per heavy atom. The van der Waals surface area contributed by atoms with Crippen LogP contribution in [0.3, 0.4) is 0 Å². The number of unbranched alkanes of at least 4 members (excludes halogenated alkanes) is 1. The van der Waals surface area contributed by atoms with Crippen LogP contribution in [-0.2, 0) is 4.74 Å². The predicted octanol–water partition coefficient (Wildman–Crippen LogP) is 2.85. The Morgan fingerprint density at radius 3 is 2.60 bits per heavy atom. The molecular formula is C8H19OP. The predicted molar refractivity (Wildman–Crippen MR) is 49.2 cm³/mol. The fourth-order valence-corrected chi connectivity index (χ4v) is 2.04. The Bertz CT molecular complexity index is 66.3. The summed E-state index contributed by atoms with van der Waals surface area (Å²) < 4.78 is 5.40. The summed E-state index contributed by atoms with van der Waals surface area (Å²) in [6, 6.07) is 0. The summed E-state index contributed by atoms with van der Waals surface area (Å²) in [6.45, 7) is 7.31. The molecule has 0 aromatic rings. The maximum Gasteiger partial charge on any atom is 0.0708 e. The smallest absolute Gasteiger partial charge is 0.0708 e. The molecule has 62 valence electrons. The van der Waals surface area contributed by atoms with Crippen molar-refractivity contribution >= 4 is 8.58 Å². The second kappa shape index (κ2) is 7.50. The Kier molecular flexibility index (Phi) is 7.79. The minimum Gasteiger partial charge on any atom is -0.375 e. The Balaban J connectivity index is 2.97. The molecule has 0 aromatic carbocycles. The average molecular weight is 162 g/mol. The molecule has 0 amide bonds. The molecule has 0 aromatic heterocycles. The van der Waals surface area contributed by atoms with Crippen LogP contribution < -0.4 is 0 Å². The topological polar surface area (TPSA) is 9.23 Å². The molecule has 0 aliphatic rings. The van der Waals surface area contributed by atoms with E-state index in [4.69, 9.17) is 4.74 Å². The van der Waals surface area contributed by atoms with Crippen LogP contribution in [0.4, 0.5) is 0 Å². The van der Waals surface area contributed by atoms with E-state index < -0.39 is 0 Å². The molecule has 0 heterocycles. The molecule has 0 fully saturated rings. The van der Waals surface area contributed by atoms with Gasteiger partial charge in [-0.25, -0.2) is 0 Å². The zero-order chi connectivity index (χ0) is 7.82. The first-order valence-electron chi connectivity index (χ1n) is 4.16. The monoisotopic (exact) mass is 162 g/mol. The lowest BCUT2D eigenvalue weighted by Gasteiger charge is -2.10. The van der Waals surface area contributed by atoms with Crippen LogP contribution in [0.2, 0.25) is 0 Å². The lowest BCUT2D eigenvalue weighted by atomic mass is 10.4. The Morgan fingerprint density at radius 1 is 1.40 bits per heavy atom. The third-order valence-electron chi connectivity index (χ3n) is 1.38. The summed E-state index contributed by atoms with van der Waals surface area (Å²) >= 11 is 0. The maximum absolute atomic E-state index is 5.40. The van der Waals surface area contributed by atoms with Crippen LogP contribution >= 0.6 is 8.58 Å². The van der Waals surface area contributed by atoms with Gasteiger partial charge in [0.2, 0.25) is 0 Å². The van der Waals surface area contributed by atoms with Crippen molar-refractivity contribution in [3.63, 3.8) is 0 Å². The fourth-order valence-electron chi connectivity index (χ4n) is 0.791. The zero-order valence-electron chi connectivity index (χ0n) is 7.31. The maximum atomic E-state index is 5.40. The SMILES string of the molecule is CCCCPC(C)OCC. The average Bonchev–Trinajstić information content (AvgIpc) is 1.89. The summed E-state index contributed by atoms with van der Waals surface area (Å²) in [4.78, 5) is 0. The summed E-state index contributed by atoms with van der Waals surface area (Å²) in [5.74, 6) is 0.497. The summed E-state index contributed by atoms with van der Waals surface area (Å²) in [5.41, 5.74) is 0. The fraction of sp³-hybridized carbons (Fsp3) is 1.00. The molecule has 0 aliphatic carbocycles. The van der Waals surface area contributed by atoms with E-state index in [9.17, 15) is 0 Å². The van der Waals surface area contributed by atoms with Gasteiger partial charge in [0.15, 0.2) is 0 Å². The van der Waals surface area contributed by atoms with Crippen LogP contribution in [0.5, 0.6) is 0 Å². The normalized spacial score (nSPS) is 14.7. The largest absolute Gasteiger partial charge is 0.375 e. The molecule has 0 aliphatic heterocycles. The number of hydrogen-bond acceptors (Lipinski definition) is 1. The van der Waals surface area contributed by atoms with E-state index >= 15 is 0 Å². The van der Waals surface area contributed by atoms with E-state index in [2.05, 4.69) is 20.8 Å². The van der Waals surface area contributed by atoms with Crippen LogP contribution in [0.15, 0.2) is 0 Å². The number of ether oxygens (including phenoxy) is 1. The molecule has 2 atom stereocenters. The van der Waals surface area contributed by atoms with E-state index in [1.165, 1.54) is 19.0 Å². The van der Waals surface area contributed by atoms with E-state index in [-0.39, 0.29) is 0 Å². The Labute approximate surface area is 66.3 Å². The van der Waals surface area contributed by atoms with Gasteiger partial charge in [-0.05, 0) is 26.4 Å². The van der Waals surface area contributed by atoms with Crippen molar-refractivity contribution in [3.05, 3.63) is 0 Å². The minimum atomic E-state index is 0.497. The van der Waals surface area contributed by atoms with Gasteiger partial charge in [0.25, 0.3) is 0 Å². The van der Waals surface area contributed by atoms with Crippen LogP contribution in [0, 0.1) is 0 Å². The first-order valence-corrected chi connectivity index (χ1v) is 5.44. The van der Waals surface area contributed by atoms with Gasteiger partial charge in [-0.15, -0.1) is 0 Å². The molecule has 2 heteroatoms. The molecule has 10 heavy (non-hydrogen) atoms. The highest BCUT2D eigenvalue weighted by molar-refractivity contribution is 7.38. The molecule has 0 N–H and O–H groups in total. The van der Waals surface area contributed by atoms with Crippen molar-refractivity contribution < 1.29 is 4.74 Å². The van der Waals surface area contributed by atoms with Crippen molar-refractivity contribution in [3.8, 4) is 0 Å². The number of rotatable bonds is 6. The summed E-state index contributed by atoms with van der Waals surface area (Å²) in [5, 5.41) is 0. The molecule has 2 unspecified atom stereocenters. The molecule has 0 spiro atoms. The van der Waals surface area contributed by atoms with Crippen LogP contribution in [-0.4, -0.2) is 18.6 Å². The standard InChI is InChI=1S/C8H19OP/c1-4-6-7-10-8(3)9-5-2/h8,10H,4-7H2,1-3H3. The van der Waals surface area contributed by atoms with Gasteiger partial charge in [-0.3, -0.25) is 0 Å². The molecular weight excluding hydrogens is 143 g/mol. The van der Waals surface area contributed by atoms with E-state index in [1.807, 2.05) is 0 Å². The lowest BCUT2D eigenvalue weighted by Crippen LogP contribution is -2.01. The van der Waals surface area contributed by atoms with Crippen LogP contribution in [0.25, 0.3) is 0 Å². The summed E-state index contributed by atoms with van der Waals surface area (Å²) in [6.07, 6.45) is 4.01. The van der Waals surface area contributed by atoms with Gasteiger partial charge in [-0.2, -0.15) is 0 Å². The molecule has 1 nitrogen and oxygen atoms in total. The molecule has 0 saturated heterocycles. The van der Waals surface area contributed by atoms with Gasteiger partial charge < -0.3 is 4.74 Å². The van der Waals surface area contributed by atoms with Crippen LogP contribution in [0.1, 0.15) is 33.6 Å². The molecule has 0 bridgehead atoms. The Hall–Kier alpha value is 0.390. The van der Waals surface area contributed by atoms with Crippen molar-refractivity contribution in [1.29, 1.82) is 0 Å². The molecule has 0 saturated carbocycles. The van der Waals surface area contributed by atoms with Crippen molar-refractivity contribution in [2.24, 2.45) is 0 Å². The second-order valence-electron chi connectivity index (χ2n) is 2.41. The third-order valence-corrected chi connectivity index (χ3v) is 2.76.